The summed E-state index contributed by atoms with van der Waals surface area (Å²) in [7, 11) is 1.57. The summed E-state index contributed by atoms with van der Waals surface area (Å²) in [5.41, 5.74) is 2.16. The van der Waals surface area contributed by atoms with Gasteiger partial charge in [0.25, 0.3) is 0 Å². The fourth-order valence-electron chi connectivity index (χ4n) is 2.17. The monoisotopic (exact) mass is 357 g/mol. The van der Waals surface area contributed by atoms with E-state index in [1.165, 1.54) is 16.5 Å². The molecule has 1 unspecified atom stereocenters. The van der Waals surface area contributed by atoms with Gasteiger partial charge in [-0.3, -0.25) is 0 Å². The topological polar surface area (TPSA) is 21.3 Å². The Balaban J connectivity index is 2.55. The van der Waals surface area contributed by atoms with Crippen molar-refractivity contribution in [2.45, 2.75) is 19.9 Å². The van der Waals surface area contributed by atoms with Crippen molar-refractivity contribution in [3.8, 4) is 5.75 Å². The number of thiophene rings is 1. The zero-order chi connectivity index (χ0) is 14.7. The average molecular weight is 358 g/mol. The Morgan fingerprint density at radius 1 is 1.45 bits per heavy atom. The third kappa shape index (κ3) is 3.05. The molecule has 0 bridgehead atoms. The number of nitrogens with one attached hydrogen (secondary N) is 1. The van der Waals surface area contributed by atoms with E-state index in [-0.39, 0.29) is 11.9 Å². The van der Waals surface area contributed by atoms with Crippen LogP contribution in [0.3, 0.4) is 0 Å². The minimum absolute atomic E-state index is 0.00634. The van der Waals surface area contributed by atoms with Crippen molar-refractivity contribution < 1.29 is 9.13 Å². The molecular weight excluding hydrogens is 341 g/mol. The van der Waals surface area contributed by atoms with Crippen molar-refractivity contribution in [1.29, 1.82) is 0 Å². The van der Waals surface area contributed by atoms with Gasteiger partial charge in [-0.1, -0.05) is 6.92 Å². The first-order chi connectivity index (χ1) is 9.58. The van der Waals surface area contributed by atoms with Crippen molar-refractivity contribution >= 4 is 27.3 Å². The van der Waals surface area contributed by atoms with E-state index in [9.17, 15) is 4.39 Å². The summed E-state index contributed by atoms with van der Waals surface area (Å²) >= 11 is 4.95. The summed E-state index contributed by atoms with van der Waals surface area (Å²) < 4.78 is 19.5. The van der Waals surface area contributed by atoms with Gasteiger partial charge < -0.3 is 10.1 Å². The van der Waals surface area contributed by atoms with E-state index in [1.807, 2.05) is 0 Å². The lowest BCUT2D eigenvalue weighted by molar-refractivity contribution is 0.400. The van der Waals surface area contributed by atoms with Crippen LogP contribution in [-0.4, -0.2) is 13.7 Å². The van der Waals surface area contributed by atoms with Gasteiger partial charge in [0.15, 0.2) is 0 Å². The lowest BCUT2D eigenvalue weighted by Crippen LogP contribution is -2.22. The Labute approximate surface area is 131 Å². The molecule has 0 radical (unpaired) electrons. The second-order valence-electron chi connectivity index (χ2n) is 4.47. The largest absolute Gasteiger partial charge is 0.496 e. The first kappa shape index (κ1) is 15.5. The first-order valence-corrected chi connectivity index (χ1v) is 8.06. The molecule has 20 heavy (non-hydrogen) atoms. The van der Waals surface area contributed by atoms with Crippen molar-refractivity contribution in [3.05, 3.63) is 49.9 Å². The molecule has 1 aromatic heterocycles. The Hall–Kier alpha value is -0.910. The third-order valence-corrected chi connectivity index (χ3v) is 4.85. The second-order valence-corrected chi connectivity index (χ2v) is 6.27. The van der Waals surface area contributed by atoms with Gasteiger partial charge in [-0.15, -0.1) is 11.3 Å². The molecular formula is C15H17BrFNOS. The van der Waals surface area contributed by atoms with Gasteiger partial charge in [0.05, 0.1) is 17.6 Å². The molecule has 0 aliphatic rings. The molecule has 0 amide bonds. The van der Waals surface area contributed by atoms with Gasteiger partial charge >= 0.3 is 0 Å². The van der Waals surface area contributed by atoms with Crippen LogP contribution in [0.1, 0.15) is 29.0 Å². The van der Waals surface area contributed by atoms with Gasteiger partial charge in [0, 0.05) is 16.5 Å². The molecule has 5 heteroatoms. The van der Waals surface area contributed by atoms with Crippen LogP contribution in [0.15, 0.2) is 28.1 Å². The molecule has 0 aliphatic heterocycles. The zero-order valence-corrected chi connectivity index (χ0v) is 14.1. The highest BCUT2D eigenvalue weighted by molar-refractivity contribution is 9.10. The summed E-state index contributed by atoms with van der Waals surface area (Å²) in [5, 5.41) is 5.52. The smallest absolute Gasteiger partial charge is 0.141 e. The van der Waals surface area contributed by atoms with E-state index in [1.54, 1.807) is 24.5 Å². The van der Waals surface area contributed by atoms with Crippen LogP contribution < -0.4 is 10.1 Å². The van der Waals surface area contributed by atoms with E-state index in [4.69, 9.17) is 4.74 Å². The van der Waals surface area contributed by atoms with Crippen LogP contribution in [0.4, 0.5) is 4.39 Å². The fourth-order valence-corrected chi connectivity index (χ4v) is 3.55. The van der Waals surface area contributed by atoms with Crippen LogP contribution in [0, 0.1) is 12.7 Å². The molecule has 1 N–H and O–H groups in total. The number of hydrogen-bond acceptors (Lipinski definition) is 3. The van der Waals surface area contributed by atoms with Crippen LogP contribution in [-0.2, 0) is 0 Å². The SMILES string of the molecule is CCNC(c1cc(Br)c(F)cc1OC)c1sccc1C. The minimum Gasteiger partial charge on any atom is -0.496 e. The summed E-state index contributed by atoms with van der Waals surface area (Å²) in [4.78, 5) is 1.23. The number of benzene rings is 1. The van der Waals surface area contributed by atoms with Gasteiger partial charge in [0.1, 0.15) is 11.6 Å². The van der Waals surface area contributed by atoms with Crippen LogP contribution in [0.2, 0.25) is 0 Å². The van der Waals surface area contributed by atoms with Crippen molar-refractivity contribution in [1.82, 2.24) is 5.32 Å². The molecule has 0 aliphatic carbocycles. The molecule has 1 heterocycles. The predicted octanol–water partition coefficient (Wildman–Crippen LogP) is 4.67. The maximum atomic E-state index is 13.7. The van der Waals surface area contributed by atoms with Gasteiger partial charge in [0.2, 0.25) is 0 Å². The van der Waals surface area contributed by atoms with Crippen LogP contribution >= 0.6 is 27.3 Å². The standard InChI is InChI=1S/C15H17BrFNOS/c1-4-18-14(15-9(2)5-6-20-15)10-7-11(16)12(17)8-13(10)19-3/h5-8,14,18H,4H2,1-3H3. The van der Waals surface area contributed by atoms with Crippen molar-refractivity contribution in [3.63, 3.8) is 0 Å². The Morgan fingerprint density at radius 2 is 2.20 bits per heavy atom. The first-order valence-electron chi connectivity index (χ1n) is 6.38. The molecule has 0 spiro atoms. The highest BCUT2D eigenvalue weighted by Crippen LogP contribution is 2.37. The molecule has 0 fully saturated rings. The molecule has 2 nitrogen and oxygen atoms in total. The number of halogens is 2. The summed E-state index contributed by atoms with van der Waals surface area (Å²) in [5.74, 6) is 0.244. The Morgan fingerprint density at radius 3 is 2.75 bits per heavy atom. The van der Waals surface area contributed by atoms with E-state index in [0.29, 0.717) is 10.2 Å². The van der Waals surface area contributed by atoms with E-state index >= 15 is 0 Å². The molecule has 108 valence electrons. The Kier molecular flexibility index (Phi) is 5.18. The fraction of sp³-hybridized carbons (Fsp3) is 0.333. The molecule has 0 saturated heterocycles. The van der Waals surface area contributed by atoms with Gasteiger partial charge in [-0.2, -0.15) is 0 Å². The third-order valence-electron chi connectivity index (χ3n) is 3.16. The normalized spacial score (nSPS) is 12.4. The van der Waals surface area contributed by atoms with Crippen LogP contribution in [0.5, 0.6) is 5.75 Å². The Bertz CT molecular complexity index is 600. The molecule has 2 rings (SSSR count). The van der Waals surface area contributed by atoms with E-state index < -0.39 is 0 Å². The maximum Gasteiger partial charge on any atom is 0.141 e. The highest BCUT2D eigenvalue weighted by Gasteiger charge is 2.22. The molecule has 2 aromatic rings. The van der Waals surface area contributed by atoms with Crippen molar-refractivity contribution in [2.24, 2.45) is 0 Å². The maximum absolute atomic E-state index is 13.7. The van der Waals surface area contributed by atoms with E-state index in [0.717, 1.165) is 12.1 Å². The highest BCUT2D eigenvalue weighted by atomic mass is 79.9. The van der Waals surface area contributed by atoms with Gasteiger partial charge in [-0.25, -0.2) is 4.39 Å². The minimum atomic E-state index is -0.316. The van der Waals surface area contributed by atoms with Crippen molar-refractivity contribution in [2.75, 3.05) is 13.7 Å². The molecule has 0 saturated carbocycles. The summed E-state index contributed by atoms with van der Waals surface area (Å²) in [6.07, 6.45) is 0. The number of ether oxygens (including phenoxy) is 1. The lowest BCUT2D eigenvalue weighted by atomic mass is 10.0. The number of methoxy groups -OCH3 is 1. The molecule has 1 atom stereocenters. The van der Waals surface area contributed by atoms with E-state index in [2.05, 4.69) is 46.5 Å². The second kappa shape index (κ2) is 6.70. The number of aryl methyl sites for hydroxylation is 1. The average Bonchev–Trinajstić information content (AvgIpc) is 2.85. The summed E-state index contributed by atoms with van der Waals surface area (Å²) in [6, 6.07) is 5.31. The zero-order valence-electron chi connectivity index (χ0n) is 11.7. The summed E-state index contributed by atoms with van der Waals surface area (Å²) in [6.45, 7) is 4.96. The quantitative estimate of drug-likeness (QED) is 0.839. The van der Waals surface area contributed by atoms with Crippen LogP contribution in [0.25, 0.3) is 0 Å². The number of rotatable bonds is 5. The predicted molar refractivity (Wildman–Crippen MR) is 85.2 cm³/mol. The lowest BCUT2D eigenvalue weighted by Gasteiger charge is -2.21. The number of hydrogen-bond donors (Lipinski definition) is 1. The molecule has 1 aromatic carbocycles. The van der Waals surface area contributed by atoms with Gasteiger partial charge in [-0.05, 0) is 52.5 Å².